The molecule has 1 N–H and O–H groups in total. The number of hydrogen-bond acceptors (Lipinski definition) is 3. The number of carbonyl (C=O) groups is 1. The van der Waals surface area contributed by atoms with Gasteiger partial charge in [0.15, 0.2) is 0 Å². The highest BCUT2D eigenvalue weighted by Gasteiger charge is 2.28. The van der Waals surface area contributed by atoms with Gasteiger partial charge >= 0.3 is 5.97 Å². The summed E-state index contributed by atoms with van der Waals surface area (Å²) in [5.41, 5.74) is 1.13. The number of ether oxygens (including phenoxy) is 2. The van der Waals surface area contributed by atoms with Crippen molar-refractivity contribution in [3.8, 4) is 5.75 Å². The number of hydrogen-bond donors (Lipinski definition) is 1. The van der Waals surface area contributed by atoms with Crippen LogP contribution in [0, 0.1) is 5.41 Å². The van der Waals surface area contributed by atoms with Crippen LogP contribution in [0.15, 0.2) is 18.2 Å². The standard InChI is InChI=1S/C14H20O4/c1-14(2,13(15)16)8-11-7-12(18-4)6-5-10(11)9-17-3/h5-7H,8-9H2,1-4H3,(H,15,16). The van der Waals surface area contributed by atoms with Crippen LogP contribution in [0.3, 0.4) is 0 Å². The molecule has 0 aromatic heterocycles. The molecule has 0 heterocycles. The van der Waals surface area contributed by atoms with E-state index in [2.05, 4.69) is 0 Å². The summed E-state index contributed by atoms with van der Waals surface area (Å²) in [7, 11) is 3.22. The molecule has 18 heavy (non-hydrogen) atoms. The van der Waals surface area contributed by atoms with E-state index >= 15 is 0 Å². The Labute approximate surface area is 108 Å². The van der Waals surface area contributed by atoms with Gasteiger partial charge in [0, 0.05) is 7.11 Å². The first kappa shape index (κ1) is 14.5. The molecular weight excluding hydrogens is 232 g/mol. The zero-order chi connectivity index (χ0) is 13.8. The highest BCUT2D eigenvalue weighted by atomic mass is 16.5. The monoisotopic (exact) mass is 252 g/mol. The summed E-state index contributed by atoms with van der Waals surface area (Å²) in [5, 5.41) is 9.19. The first-order valence-corrected chi connectivity index (χ1v) is 5.79. The third-order valence-electron chi connectivity index (χ3n) is 2.92. The van der Waals surface area contributed by atoms with E-state index in [1.54, 1.807) is 28.1 Å². The highest BCUT2D eigenvalue weighted by molar-refractivity contribution is 5.74. The van der Waals surface area contributed by atoms with Gasteiger partial charge < -0.3 is 14.6 Å². The van der Waals surface area contributed by atoms with Crippen molar-refractivity contribution in [1.29, 1.82) is 0 Å². The minimum atomic E-state index is -0.811. The summed E-state index contributed by atoms with van der Waals surface area (Å²) < 4.78 is 10.3. The molecule has 0 unspecified atom stereocenters. The lowest BCUT2D eigenvalue weighted by Gasteiger charge is -2.21. The van der Waals surface area contributed by atoms with Gasteiger partial charge in [-0.25, -0.2) is 0 Å². The molecule has 0 aliphatic rings. The molecule has 0 saturated heterocycles. The maximum atomic E-state index is 11.2. The predicted octanol–water partition coefficient (Wildman–Crippen LogP) is 2.49. The number of carboxylic acids is 1. The van der Waals surface area contributed by atoms with Crippen molar-refractivity contribution in [2.75, 3.05) is 14.2 Å². The van der Waals surface area contributed by atoms with Gasteiger partial charge in [-0.15, -0.1) is 0 Å². The van der Waals surface area contributed by atoms with E-state index < -0.39 is 11.4 Å². The van der Waals surface area contributed by atoms with Crippen LogP contribution in [0.4, 0.5) is 0 Å². The van der Waals surface area contributed by atoms with Gasteiger partial charge in [-0.3, -0.25) is 4.79 Å². The quantitative estimate of drug-likeness (QED) is 0.845. The van der Waals surface area contributed by atoms with E-state index in [1.807, 2.05) is 18.2 Å². The topological polar surface area (TPSA) is 55.8 Å². The SMILES string of the molecule is COCc1ccc(OC)cc1CC(C)(C)C(=O)O. The van der Waals surface area contributed by atoms with E-state index in [9.17, 15) is 9.90 Å². The van der Waals surface area contributed by atoms with Crippen molar-refractivity contribution in [1.82, 2.24) is 0 Å². The maximum Gasteiger partial charge on any atom is 0.309 e. The van der Waals surface area contributed by atoms with Crippen molar-refractivity contribution >= 4 is 5.97 Å². The average molecular weight is 252 g/mol. The zero-order valence-corrected chi connectivity index (χ0v) is 11.3. The number of aliphatic carboxylic acids is 1. The van der Waals surface area contributed by atoms with E-state index in [4.69, 9.17) is 9.47 Å². The predicted molar refractivity (Wildman–Crippen MR) is 68.8 cm³/mol. The number of benzene rings is 1. The fourth-order valence-electron chi connectivity index (χ4n) is 1.74. The molecule has 4 nitrogen and oxygen atoms in total. The fraction of sp³-hybridized carbons (Fsp3) is 0.500. The highest BCUT2D eigenvalue weighted by Crippen LogP contribution is 2.27. The van der Waals surface area contributed by atoms with Gasteiger partial charge in [0.2, 0.25) is 0 Å². The molecule has 1 aromatic rings. The van der Waals surface area contributed by atoms with E-state index in [0.29, 0.717) is 13.0 Å². The van der Waals surface area contributed by atoms with Crippen molar-refractivity contribution in [2.24, 2.45) is 5.41 Å². The minimum Gasteiger partial charge on any atom is -0.497 e. The Kier molecular flexibility index (Phi) is 4.73. The Morgan fingerprint density at radius 2 is 1.94 bits per heavy atom. The fourth-order valence-corrected chi connectivity index (χ4v) is 1.74. The second kappa shape index (κ2) is 5.87. The van der Waals surface area contributed by atoms with Crippen molar-refractivity contribution in [3.63, 3.8) is 0 Å². The van der Waals surface area contributed by atoms with Crippen molar-refractivity contribution in [3.05, 3.63) is 29.3 Å². The third kappa shape index (κ3) is 3.47. The molecule has 1 aromatic carbocycles. The summed E-state index contributed by atoms with van der Waals surface area (Å²) in [6, 6.07) is 5.64. The Morgan fingerprint density at radius 3 is 2.44 bits per heavy atom. The second-order valence-corrected chi connectivity index (χ2v) is 4.93. The summed E-state index contributed by atoms with van der Waals surface area (Å²) in [6.07, 6.45) is 0.443. The largest absolute Gasteiger partial charge is 0.497 e. The van der Waals surface area contributed by atoms with Gasteiger partial charge in [0.1, 0.15) is 5.75 Å². The second-order valence-electron chi connectivity index (χ2n) is 4.93. The minimum absolute atomic E-state index is 0.443. The van der Waals surface area contributed by atoms with Gasteiger partial charge in [-0.2, -0.15) is 0 Å². The van der Waals surface area contributed by atoms with Gasteiger partial charge in [-0.05, 0) is 43.5 Å². The molecule has 100 valence electrons. The van der Waals surface area contributed by atoms with E-state index in [0.717, 1.165) is 16.9 Å². The number of methoxy groups -OCH3 is 2. The smallest absolute Gasteiger partial charge is 0.309 e. The molecule has 1 rings (SSSR count). The molecule has 0 aliphatic heterocycles. The summed E-state index contributed by atoms with van der Waals surface area (Å²) in [5.74, 6) is -0.0836. The van der Waals surface area contributed by atoms with Gasteiger partial charge in [-0.1, -0.05) is 6.07 Å². The molecule has 0 saturated carbocycles. The van der Waals surface area contributed by atoms with E-state index in [-0.39, 0.29) is 0 Å². The van der Waals surface area contributed by atoms with E-state index in [1.165, 1.54) is 0 Å². The molecule has 0 bridgehead atoms. The van der Waals surface area contributed by atoms with Crippen LogP contribution in [0.5, 0.6) is 5.75 Å². The normalized spacial score (nSPS) is 11.3. The van der Waals surface area contributed by atoms with Crippen LogP contribution in [-0.4, -0.2) is 25.3 Å². The Balaban J connectivity index is 3.07. The third-order valence-corrected chi connectivity index (χ3v) is 2.92. The van der Waals surface area contributed by atoms with Crippen molar-refractivity contribution < 1.29 is 19.4 Å². The Bertz CT molecular complexity index is 424. The lowest BCUT2D eigenvalue weighted by molar-refractivity contribution is -0.146. The summed E-state index contributed by atoms with van der Waals surface area (Å²) in [4.78, 5) is 11.2. The van der Waals surface area contributed by atoms with Crippen LogP contribution < -0.4 is 4.74 Å². The van der Waals surface area contributed by atoms with Gasteiger partial charge in [0.05, 0.1) is 19.1 Å². The van der Waals surface area contributed by atoms with Crippen LogP contribution in [-0.2, 0) is 22.6 Å². The summed E-state index contributed by atoms with van der Waals surface area (Å²) in [6.45, 7) is 3.89. The zero-order valence-electron chi connectivity index (χ0n) is 11.3. The Morgan fingerprint density at radius 1 is 1.28 bits per heavy atom. The van der Waals surface area contributed by atoms with Crippen LogP contribution in [0.2, 0.25) is 0 Å². The van der Waals surface area contributed by atoms with Crippen LogP contribution in [0.25, 0.3) is 0 Å². The van der Waals surface area contributed by atoms with Gasteiger partial charge in [0.25, 0.3) is 0 Å². The lowest BCUT2D eigenvalue weighted by Crippen LogP contribution is -2.26. The van der Waals surface area contributed by atoms with Crippen LogP contribution >= 0.6 is 0 Å². The molecule has 0 aliphatic carbocycles. The maximum absolute atomic E-state index is 11.2. The molecule has 0 spiro atoms. The molecule has 0 fully saturated rings. The molecular formula is C14H20O4. The summed E-state index contributed by atoms with van der Waals surface area (Å²) >= 11 is 0. The van der Waals surface area contributed by atoms with Crippen molar-refractivity contribution in [2.45, 2.75) is 26.9 Å². The first-order valence-electron chi connectivity index (χ1n) is 5.79. The first-order chi connectivity index (χ1) is 8.40. The number of carboxylic acid groups (broad SMARTS) is 1. The average Bonchev–Trinajstić information content (AvgIpc) is 2.31. The lowest BCUT2D eigenvalue weighted by atomic mass is 9.84. The molecule has 0 radical (unpaired) electrons. The molecule has 0 amide bonds. The Hall–Kier alpha value is -1.55. The van der Waals surface area contributed by atoms with Crippen LogP contribution in [0.1, 0.15) is 25.0 Å². The number of rotatable bonds is 6. The molecule has 4 heteroatoms. The molecule has 0 atom stereocenters.